The molecule has 0 radical (unpaired) electrons. The second-order valence-electron chi connectivity index (χ2n) is 5.48. The van der Waals surface area contributed by atoms with Crippen LogP contribution >= 0.6 is 0 Å². The van der Waals surface area contributed by atoms with Crippen LogP contribution in [-0.2, 0) is 6.42 Å². The van der Waals surface area contributed by atoms with Gasteiger partial charge < -0.3 is 5.11 Å². The normalized spacial score (nSPS) is 15.4. The maximum atomic E-state index is 12.2. The number of amides is 1. The Hall–Kier alpha value is -2.62. The first-order valence-corrected chi connectivity index (χ1v) is 7.40. The highest BCUT2D eigenvalue weighted by Gasteiger charge is 2.16. The van der Waals surface area contributed by atoms with Crippen molar-refractivity contribution < 1.29 is 9.90 Å². The minimum absolute atomic E-state index is 0.00393. The average molecular weight is 294 g/mol. The molecule has 4 nitrogen and oxygen atoms in total. The Bertz CT molecular complexity index is 751. The molecule has 0 atom stereocenters. The van der Waals surface area contributed by atoms with E-state index >= 15 is 0 Å². The molecule has 0 aromatic heterocycles. The molecule has 0 bridgehead atoms. The van der Waals surface area contributed by atoms with E-state index in [1.165, 1.54) is 5.56 Å². The summed E-state index contributed by atoms with van der Waals surface area (Å²) in [6, 6.07) is 13.2. The number of carbonyl (C=O) groups excluding carboxylic acids is 1. The van der Waals surface area contributed by atoms with Crippen molar-refractivity contribution >= 4 is 11.6 Å². The fourth-order valence-electron chi connectivity index (χ4n) is 2.74. The number of nitrogens with zero attached hydrogens (tertiary/aromatic N) is 1. The van der Waals surface area contributed by atoms with E-state index in [4.69, 9.17) is 0 Å². The predicted molar refractivity (Wildman–Crippen MR) is 86.2 cm³/mol. The summed E-state index contributed by atoms with van der Waals surface area (Å²) in [4.78, 5) is 12.2. The standard InChI is InChI=1S/C18H18N2O2/c1-12-6-4-10-15(17(12)21)18(22)20-19-16-11-5-8-13-7-2-3-9-14(13)16/h2-4,6-7,9-10,21H,5,8,11H2,1H3,(H,20,22)/b19-16+. The molecule has 0 saturated carbocycles. The molecule has 0 unspecified atom stereocenters. The number of hydrazone groups is 1. The van der Waals surface area contributed by atoms with Crippen LogP contribution < -0.4 is 5.43 Å². The molecule has 0 saturated heterocycles. The van der Waals surface area contributed by atoms with Gasteiger partial charge in [0.25, 0.3) is 5.91 Å². The second kappa shape index (κ2) is 6.02. The van der Waals surface area contributed by atoms with Crippen molar-refractivity contribution in [2.24, 2.45) is 5.10 Å². The molecule has 0 heterocycles. The van der Waals surface area contributed by atoms with Gasteiger partial charge in [0, 0.05) is 5.56 Å². The Morgan fingerprint density at radius 1 is 1.14 bits per heavy atom. The molecule has 1 aliphatic rings. The topological polar surface area (TPSA) is 61.7 Å². The Morgan fingerprint density at radius 2 is 1.95 bits per heavy atom. The van der Waals surface area contributed by atoms with E-state index in [0.717, 1.165) is 30.5 Å². The van der Waals surface area contributed by atoms with Crippen LogP contribution in [0.5, 0.6) is 5.75 Å². The van der Waals surface area contributed by atoms with E-state index in [0.29, 0.717) is 5.56 Å². The zero-order valence-corrected chi connectivity index (χ0v) is 12.5. The molecule has 2 N–H and O–H groups in total. The van der Waals surface area contributed by atoms with E-state index in [1.54, 1.807) is 25.1 Å². The fourth-order valence-corrected chi connectivity index (χ4v) is 2.74. The molecule has 2 aromatic carbocycles. The number of para-hydroxylation sites is 1. The molecule has 112 valence electrons. The average Bonchev–Trinajstić information content (AvgIpc) is 2.55. The zero-order chi connectivity index (χ0) is 15.5. The van der Waals surface area contributed by atoms with Crippen LogP contribution in [0.1, 0.15) is 39.9 Å². The maximum absolute atomic E-state index is 12.2. The quantitative estimate of drug-likeness (QED) is 0.836. The summed E-state index contributed by atoms with van der Waals surface area (Å²) in [5.74, 6) is -0.388. The third kappa shape index (κ3) is 2.72. The molecule has 1 aliphatic carbocycles. The number of aromatic hydroxyl groups is 1. The first-order chi connectivity index (χ1) is 10.7. The van der Waals surface area contributed by atoms with E-state index in [1.807, 2.05) is 18.2 Å². The van der Waals surface area contributed by atoms with E-state index in [-0.39, 0.29) is 11.3 Å². The highest BCUT2D eigenvalue weighted by Crippen LogP contribution is 2.22. The van der Waals surface area contributed by atoms with Gasteiger partial charge in [-0.3, -0.25) is 4.79 Å². The van der Waals surface area contributed by atoms with Crippen LogP contribution in [0.15, 0.2) is 47.6 Å². The fraction of sp³-hybridized carbons (Fsp3) is 0.222. The van der Waals surface area contributed by atoms with Gasteiger partial charge in [-0.1, -0.05) is 36.4 Å². The summed E-state index contributed by atoms with van der Waals surface area (Å²) in [7, 11) is 0. The Labute approximate surface area is 129 Å². The van der Waals surface area contributed by atoms with Gasteiger partial charge in [-0.15, -0.1) is 0 Å². The van der Waals surface area contributed by atoms with Crippen LogP contribution in [0.25, 0.3) is 0 Å². The summed E-state index contributed by atoms with van der Waals surface area (Å²) in [6.45, 7) is 1.76. The van der Waals surface area contributed by atoms with Crippen LogP contribution in [0, 0.1) is 6.92 Å². The minimum Gasteiger partial charge on any atom is -0.507 e. The summed E-state index contributed by atoms with van der Waals surface area (Å²) in [5.41, 5.74) is 6.73. The van der Waals surface area contributed by atoms with Crippen LogP contribution in [0.4, 0.5) is 0 Å². The second-order valence-corrected chi connectivity index (χ2v) is 5.48. The summed E-state index contributed by atoms with van der Waals surface area (Å²) >= 11 is 0. The van der Waals surface area contributed by atoms with Crippen molar-refractivity contribution in [3.63, 3.8) is 0 Å². The lowest BCUT2D eigenvalue weighted by Crippen LogP contribution is -2.22. The summed E-state index contributed by atoms with van der Waals surface area (Å²) in [5, 5.41) is 14.2. The number of phenols is 1. The largest absolute Gasteiger partial charge is 0.507 e. The number of fused-ring (bicyclic) bond motifs is 1. The molecule has 22 heavy (non-hydrogen) atoms. The van der Waals surface area contributed by atoms with E-state index < -0.39 is 5.91 Å². The number of phenolic OH excluding ortho intramolecular Hbond substituents is 1. The smallest absolute Gasteiger partial charge is 0.275 e. The number of hydrogen-bond donors (Lipinski definition) is 2. The SMILES string of the molecule is Cc1cccc(C(=O)N/N=C2\CCCc3ccccc32)c1O. The van der Waals surface area contributed by atoms with Crippen molar-refractivity contribution in [3.8, 4) is 5.75 Å². The third-order valence-corrected chi connectivity index (χ3v) is 3.96. The van der Waals surface area contributed by atoms with E-state index in [9.17, 15) is 9.90 Å². The number of benzene rings is 2. The molecule has 2 aromatic rings. The van der Waals surface area contributed by atoms with Crippen LogP contribution in [0.2, 0.25) is 0 Å². The number of rotatable bonds is 2. The molecule has 4 heteroatoms. The highest BCUT2D eigenvalue weighted by molar-refractivity contribution is 6.04. The first-order valence-electron chi connectivity index (χ1n) is 7.40. The molecular formula is C18H18N2O2. The summed E-state index contributed by atoms with van der Waals surface area (Å²) < 4.78 is 0. The van der Waals surface area contributed by atoms with Crippen molar-refractivity contribution in [3.05, 3.63) is 64.7 Å². The van der Waals surface area contributed by atoms with Crippen LogP contribution in [0.3, 0.4) is 0 Å². The Balaban J connectivity index is 1.83. The lowest BCUT2D eigenvalue weighted by atomic mass is 9.90. The number of nitrogens with one attached hydrogen (secondary N) is 1. The molecule has 0 spiro atoms. The predicted octanol–water partition coefficient (Wildman–Crippen LogP) is 3.17. The lowest BCUT2D eigenvalue weighted by Gasteiger charge is -2.17. The molecule has 1 amide bonds. The van der Waals surface area contributed by atoms with Gasteiger partial charge in [-0.2, -0.15) is 5.10 Å². The van der Waals surface area contributed by atoms with Crippen LogP contribution in [-0.4, -0.2) is 16.7 Å². The van der Waals surface area contributed by atoms with Crippen molar-refractivity contribution in [2.75, 3.05) is 0 Å². The van der Waals surface area contributed by atoms with Gasteiger partial charge in [-0.05, 0) is 43.4 Å². The minimum atomic E-state index is -0.392. The highest BCUT2D eigenvalue weighted by atomic mass is 16.3. The lowest BCUT2D eigenvalue weighted by molar-refractivity contribution is 0.0952. The number of carbonyl (C=O) groups is 1. The molecule has 3 rings (SSSR count). The molecule has 0 fully saturated rings. The van der Waals surface area contributed by atoms with Gasteiger partial charge >= 0.3 is 0 Å². The maximum Gasteiger partial charge on any atom is 0.275 e. The van der Waals surface area contributed by atoms with Gasteiger partial charge in [0.1, 0.15) is 5.75 Å². The summed E-state index contributed by atoms with van der Waals surface area (Å²) in [6.07, 6.45) is 2.92. The zero-order valence-electron chi connectivity index (χ0n) is 12.5. The monoisotopic (exact) mass is 294 g/mol. The molecule has 0 aliphatic heterocycles. The Morgan fingerprint density at radius 3 is 2.82 bits per heavy atom. The van der Waals surface area contributed by atoms with Gasteiger partial charge in [0.15, 0.2) is 0 Å². The first kappa shape index (κ1) is 14.3. The van der Waals surface area contributed by atoms with Gasteiger partial charge in [0.05, 0.1) is 11.3 Å². The van der Waals surface area contributed by atoms with E-state index in [2.05, 4.69) is 16.6 Å². The van der Waals surface area contributed by atoms with Gasteiger partial charge in [-0.25, -0.2) is 5.43 Å². The third-order valence-electron chi connectivity index (χ3n) is 3.96. The number of aryl methyl sites for hydroxylation is 2. The number of hydrogen-bond acceptors (Lipinski definition) is 3. The van der Waals surface area contributed by atoms with Crippen molar-refractivity contribution in [2.45, 2.75) is 26.2 Å². The van der Waals surface area contributed by atoms with Gasteiger partial charge in [0.2, 0.25) is 0 Å². The molecular weight excluding hydrogens is 276 g/mol. The van der Waals surface area contributed by atoms with Crippen molar-refractivity contribution in [1.82, 2.24) is 5.43 Å². The Kier molecular flexibility index (Phi) is 3.92. The van der Waals surface area contributed by atoms with Crippen molar-refractivity contribution in [1.29, 1.82) is 0 Å².